The van der Waals surface area contributed by atoms with Crippen LogP contribution in [0.3, 0.4) is 0 Å². The average Bonchev–Trinajstić information content (AvgIpc) is 3.46. The normalized spacial score (nSPS) is 22.4. The van der Waals surface area contributed by atoms with Crippen LogP contribution in [0.5, 0.6) is 0 Å². The summed E-state index contributed by atoms with van der Waals surface area (Å²) in [6.45, 7) is 7.84. The van der Waals surface area contributed by atoms with Gasteiger partial charge >= 0.3 is 0 Å². The first-order valence-corrected chi connectivity index (χ1v) is 14.3. The molecule has 6 rings (SSSR count). The van der Waals surface area contributed by atoms with Crippen LogP contribution in [0, 0.1) is 12.5 Å². The molecule has 0 bridgehead atoms. The number of hydrogen-bond acceptors (Lipinski definition) is 3. The Hall–Kier alpha value is -3.19. The number of carbonyl (C=O) groups is 1. The van der Waals surface area contributed by atoms with E-state index in [4.69, 9.17) is 10.2 Å². The third-order valence-electron chi connectivity index (χ3n) is 8.09. The third-order valence-corrected chi connectivity index (χ3v) is 8.09. The van der Waals surface area contributed by atoms with Gasteiger partial charge in [0.15, 0.2) is 0 Å². The van der Waals surface area contributed by atoms with E-state index in [0.717, 1.165) is 50.4 Å². The second-order valence-electron chi connectivity index (χ2n) is 11.2. The molecule has 1 N–H and O–H groups in total. The molecule has 1 fully saturated rings. The zero-order chi connectivity index (χ0) is 28.6. The van der Waals surface area contributed by atoms with Crippen LogP contribution in [0.15, 0.2) is 87.2 Å². The van der Waals surface area contributed by atoms with Crippen LogP contribution in [-0.2, 0) is 4.79 Å². The number of hydrogen-bond donors (Lipinski definition) is 1. The first-order valence-electron chi connectivity index (χ1n) is 14.3. The second-order valence-corrected chi connectivity index (χ2v) is 11.2. The Bertz CT molecular complexity index is 1360. The van der Waals surface area contributed by atoms with Gasteiger partial charge in [-0.15, -0.1) is 0 Å². The molecule has 40 heavy (non-hydrogen) atoms. The number of likely N-dealkylation sites (tertiary alicyclic amines) is 1. The van der Waals surface area contributed by atoms with E-state index in [9.17, 15) is 13.6 Å². The number of halogens is 2. The van der Waals surface area contributed by atoms with E-state index < -0.39 is 5.92 Å². The van der Waals surface area contributed by atoms with Crippen molar-refractivity contribution >= 4 is 11.6 Å². The minimum absolute atomic E-state index is 0.00589. The highest BCUT2D eigenvalue weighted by molar-refractivity contribution is 5.98. The predicted octanol–water partition coefficient (Wildman–Crippen LogP) is 7.47. The molecule has 3 aliphatic carbocycles. The fourth-order valence-electron chi connectivity index (χ4n) is 6.14. The Balaban J connectivity index is 0.00000103. The maximum absolute atomic E-state index is 14.0. The highest BCUT2D eigenvalue weighted by atomic mass is 19.3. The summed E-state index contributed by atoms with van der Waals surface area (Å²) in [5.74, 6) is -2.48. The number of carbonyl (C=O) groups excluding carboxylic acids is 1. The standard InChI is InChI=1S/C31H32F2N3O.C2H6O/c1-19(2)20-8-12-23(13-9-20)36-28-16-17-35(27-7-5-4-6-26(34-36)29(27)28)30(37)22-10-14-24-21(18-22)11-15-25(24)31(3,32)33;1-2-3/h8-15,18-19,27H,4-7,16-17H2,1-3H3;3H,2H2,1H3/q+1;/t27-;/m0./s1. The Labute approximate surface area is 236 Å². The summed E-state index contributed by atoms with van der Waals surface area (Å²) in [7, 11) is 0. The fourth-order valence-corrected chi connectivity index (χ4v) is 6.14. The summed E-state index contributed by atoms with van der Waals surface area (Å²) in [6.07, 6.45) is 13.0. The highest BCUT2D eigenvalue weighted by Crippen LogP contribution is 2.47. The van der Waals surface area contributed by atoms with Gasteiger partial charge in [0.05, 0.1) is 11.6 Å². The van der Waals surface area contributed by atoms with E-state index in [-0.39, 0.29) is 24.1 Å². The van der Waals surface area contributed by atoms with Crippen molar-refractivity contribution in [3.8, 4) is 0 Å². The zero-order valence-corrected chi connectivity index (χ0v) is 23.8. The first-order chi connectivity index (χ1) is 19.1. The van der Waals surface area contributed by atoms with Gasteiger partial charge < -0.3 is 10.0 Å². The summed E-state index contributed by atoms with van der Waals surface area (Å²) in [5.41, 5.74) is 6.43. The molecular formula is C33H38F2N3O2+. The van der Waals surface area contributed by atoms with Gasteiger partial charge in [-0.2, -0.15) is 0 Å². The number of amides is 1. The van der Waals surface area contributed by atoms with Crippen LogP contribution < -0.4 is 0 Å². The predicted molar refractivity (Wildman–Crippen MR) is 152 cm³/mol. The molecule has 2 aliphatic heterocycles. The van der Waals surface area contributed by atoms with Gasteiger partial charge in [-0.1, -0.05) is 55.3 Å². The number of aliphatic hydroxyl groups excluding tert-OH is 1. The quantitative estimate of drug-likeness (QED) is 0.398. The van der Waals surface area contributed by atoms with Crippen molar-refractivity contribution in [2.24, 2.45) is 5.11 Å². The fraction of sp³-hybridized carbons (Fsp3) is 0.424. The van der Waals surface area contributed by atoms with E-state index >= 15 is 0 Å². The summed E-state index contributed by atoms with van der Waals surface area (Å²) >= 11 is 0. The molecule has 1 aromatic rings. The minimum Gasteiger partial charge on any atom is -0.397 e. The smallest absolute Gasteiger partial charge is 0.291 e. The topological polar surface area (TPSA) is 55.9 Å². The van der Waals surface area contributed by atoms with Crippen LogP contribution in [0.25, 0.3) is 0 Å². The average molecular weight is 547 g/mol. The van der Waals surface area contributed by atoms with Gasteiger partial charge in [0.1, 0.15) is 5.70 Å². The summed E-state index contributed by atoms with van der Waals surface area (Å²) < 4.78 is 30.1. The van der Waals surface area contributed by atoms with Crippen molar-refractivity contribution in [1.29, 1.82) is 0 Å². The van der Waals surface area contributed by atoms with E-state index in [0.29, 0.717) is 29.2 Å². The molecule has 2 radical (unpaired) electrons. The highest BCUT2D eigenvalue weighted by Gasteiger charge is 2.50. The minimum atomic E-state index is -2.91. The third kappa shape index (κ3) is 5.28. The Morgan fingerprint density at radius 1 is 1.15 bits per heavy atom. The zero-order valence-electron chi connectivity index (χ0n) is 23.8. The molecule has 2 heterocycles. The van der Waals surface area contributed by atoms with Gasteiger partial charge in [-0.25, -0.2) is 8.78 Å². The number of nitrogens with zero attached hydrogens (tertiary/aromatic N) is 3. The first kappa shape index (κ1) is 28.3. The number of rotatable bonds is 4. The maximum atomic E-state index is 14.0. The molecule has 0 saturated carbocycles. The molecule has 5 nitrogen and oxygen atoms in total. The number of alkyl halides is 2. The van der Waals surface area contributed by atoms with Gasteiger partial charge in [-0.3, -0.25) is 4.79 Å². The van der Waals surface area contributed by atoms with Crippen LogP contribution in [-0.4, -0.2) is 45.7 Å². The van der Waals surface area contributed by atoms with Crippen molar-refractivity contribution in [3.63, 3.8) is 0 Å². The largest absolute Gasteiger partial charge is 0.397 e. The molecule has 0 aromatic heterocycles. The maximum Gasteiger partial charge on any atom is 0.291 e. The van der Waals surface area contributed by atoms with Crippen molar-refractivity contribution in [3.05, 3.63) is 100 Å². The molecule has 1 aromatic carbocycles. The molecule has 7 heteroatoms. The Kier molecular flexibility index (Phi) is 8.05. The number of piperidine rings is 1. The van der Waals surface area contributed by atoms with Gasteiger partial charge in [0, 0.05) is 56.2 Å². The molecule has 210 valence electrons. The van der Waals surface area contributed by atoms with E-state index in [1.165, 1.54) is 23.3 Å². The molecule has 1 saturated heterocycles. The van der Waals surface area contributed by atoms with Crippen LogP contribution >= 0.6 is 0 Å². The van der Waals surface area contributed by atoms with E-state index in [1.807, 2.05) is 4.90 Å². The second kappa shape index (κ2) is 11.4. The summed E-state index contributed by atoms with van der Waals surface area (Å²) in [6, 6.07) is 9.85. The summed E-state index contributed by atoms with van der Waals surface area (Å²) in [4.78, 5) is 15.8. The Morgan fingerprint density at radius 2 is 1.88 bits per heavy atom. The van der Waals surface area contributed by atoms with Crippen molar-refractivity contribution in [2.45, 2.75) is 77.7 Å². The molecule has 0 unspecified atom stereocenters. The molecular weight excluding hydrogens is 508 g/mol. The molecule has 5 aliphatic rings. The number of aliphatic hydroxyl groups is 1. The monoisotopic (exact) mass is 546 g/mol. The van der Waals surface area contributed by atoms with E-state index in [2.05, 4.69) is 42.8 Å². The summed E-state index contributed by atoms with van der Waals surface area (Å²) in [5, 5.41) is 12.6. The number of benzene rings is 1. The van der Waals surface area contributed by atoms with Crippen molar-refractivity contribution in [1.82, 2.24) is 4.90 Å². The Morgan fingerprint density at radius 3 is 2.55 bits per heavy atom. The number of allylic oxidation sites excluding steroid dienone is 8. The number of azo groups is 2. The van der Waals surface area contributed by atoms with Crippen LogP contribution in [0.2, 0.25) is 0 Å². The molecule has 1 amide bonds. The lowest BCUT2D eigenvalue weighted by Gasteiger charge is -2.37. The van der Waals surface area contributed by atoms with Gasteiger partial charge in [0.25, 0.3) is 17.9 Å². The van der Waals surface area contributed by atoms with E-state index in [1.54, 1.807) is 31.6 Å². The molecule has 0 spiro atoms. The van der Waals surface area contributed by atoms with Crippen LogP contribution in [0.4, 0.5) is 14.5 Å². The van der Waals surface area contributed by atoms with Crippen molar-refractivity contribution in [2.75, 3.05) is 13.2 Å². The van der Waals surface area contributed by atoms with Gasteiger partial charge in [-0.05, 0) is 60.0 Å². The van der Waals surface area contributed by atoms with Crippen molar-refractivity contribution < 1.29 is 23.4 Å². The van der Waals surface area contributed by atoms with Gasteiger partial charge in [0.2, 0.25) is 5.69 Å². The SMILES string of the molecule is CC(C)c1ccc([N+]2=NC3=C4[C]2CCN(C(=O)C2=CC5=CC=C(C(C)(F)F)C5=C[CH]2)[C@H]4CCCC3)cc1.CCO. The lowest BCUT2D eigenvalue weighted by Crippen LogP contribution is -2.48. The van der Waals surface area contributed by atoms with Crippen LogP contribution in [0.1, 0.15) is 71.3 Å². The number of fused-ring (bicyclic) bond motifs is 1. The lowest BCUT2D eigenvalue weighted by molar-refractivity contribution is -0.487. The lowest BCUT2D eigenvalue weighted by atomic mass is 9.86. The molecule has 1 atom stereocenters.